The van der Waals surface area contributed by atoms with Gasteiger partial charge in [0.15, 0.2) is 0 Å². The molecule has 0 aliphatic carbocycles. The maximum atomic E-state index is 11.1. The van der Waals surface area contributed by atoms with Crippen LogP contribution in [0.4, 0.5) is 5.69 Å². The molecule has 2 heterocycles. The summed E-state index contributed by atoms with van der Waals surface area (Å²) in [6.07, 6.45) is 1.59. The number of hydrogen-bond acceptors (Lipinski definition) is 3. The van der Waals surface area contributed by atoms with Crippen molar-refractivity contribution < 1.29 is 8.42 Å². The smallest absolute Gasteiger partial charge is 0.263 e. The molecule has 13 heavy (non-hydrogen) atoms. The summed E-state index contributed by atoms with van der Waals surface area (Å²) in [6.45, 7) is 1.62. The van der Waals surface area contributed by atoms with Crippen LogP contribution in [0.3, 0.4) is 0 Å². The molecule has 1 aromatic heterocycles. The Kier molecular flexibility index (Phi) is 1.59. The molecule has 5 nitrogen and oxygen atoms in total. The van der Waals surface area contributed by atoms with Gasteiger partial charge in [0.05, 0.1) is 11.4 Å². The molecule has 0 spiro atoms. The Labute approximate surface area is 75.7 Å². The van der Waals surface area contributed by atoms with Crippen molar-refractivity contribution in [2.45, 2.75) is 6.92 Å². The molecular weight excluding hydrogens is 190 g/mol. The number of nitrogens with one attached hydrogen (secondary N) is 1. The first-order valence-electron chi connectivity index (χ1n) is 3.63. The first-order chi connectivity index (χ1) is 6.08. The molecule has 6 heteroatoms. The van der Waals surface area contributed by atoms with Crippen LogP contribution >= 0.6 is 0 Å². The van der Waals surface area contributed by atoms with E-state index in [9.17, 15) is 8.42 Å². The molecule has 1 aliphatic heterocycles. The van der Waals surface area contributed by atoms with Gasteiger partial charge in [-0.1, -0.05) is 0 Å². The average molecular weight is 197 g/mol. The van der Waals surface area contributed by atoms with Crippen LogP contribution in [0.15, 0.2) is 22.7 Å². The van der Waals surface area contributed by atoms with Gasteiger partial charge in [-0.25, -0.2) is 0 Å². The maximum Gasteiger partial charge on any atom is 0.342 e. The van der Waals surface area contributed by atoms with Crippen molar-refractivity contribution in [2.24, 2.45) is 4.40 Å². The van der Waals surface area contributed by atoms with Crippen molar-refractivity contribution in [2.75, 3.05) is 4.72 Å². The number of aromatic nitrogens is 1. The Morgan fingerprint density at radius 2 is 2.23 bits per heavy atom. The van der Waals surface area contributed by atoms with Gasteiger partial charge in [-0.05, 0) is 19.1 Å². The second-order valence-corrected chi connectivity index (χ2v) is 3.99. The van der Waals surface area contributed by atoms with Gasteiger partial charge < -0.3 is 0 Å². The van der Waals surface area contributed by atoms with E-state index in [1.54, 1.807) is 25.3 Å². The third kappa shape index (κ3) is 1.40. The Morgan fingerprint density at radius 3 is 3.00 bits per heavy atom. The molecule has 0 radical (unpaired) electrons. The number of hydrogen-bond donors (Lipinski definition) is 1. The number of rotatable bonds is 0. The van der Waals surface area contributed by atoms with Gasteiger partial charge in [0.1, 0.15) is 5.69 Å². The molecule has 1 aliphatic rings. The highest BCUT2D eigenvalue weighted by molar-refractivity contribution is 7.91. The Balaban J connectivity index is 2.68. The quantitative estimate of drug-likeness (QED) is 0.660. The highest BCUT2D eigenvalue weighted by Crippen LogP contribution is 2.20. The zero-order valence-corrected chi connectivity index (χ0v) is 7.67. The topological polar surface area (TPSA) is 71.4 Å². The molecule has 0 unspecified atom stereocenters. The standard InChI is InChI=1S/C7H7N3O2S/c1-5-7-6(3-2-4-8-7)10-13(11,12)9-5/h2-4,10H,1H3. The predicted molar refractivity (Wildman–Crippen MR) is 49.0 cm³/mol. The van der Waals surface area contributed by atoms with Crippen molar-refractivity contribution in [3.05, 3.63) is 24.0 Å². The molecule has 0 fully saturated rings. The summed E-state index contributed by atoms with van der Waals surface area (Å²) >= 11 is 0. The van der Waals surface area contributed by atoms with Gasteiger partial charge in [0.25, 0.3) is 0 Å². The highest BCUT2D eigenvalue weighted by Gasteiger charge is 2.20. The van der Waals surface area contributed by atoms with Gasteiger partial charge in [0.2, 0.25) is 0 Å². The largest absolute Gasteiger partial charge is 0.342 e. The fraction of sp³-hybridized carbons (Fsp3) is 0.143. The number of nitrogens with zero attached hydrogens (tertiary/aromatic N) is 2. The predicted octanol–water partition coefficient (Wildman–Crippen LogP) is 0.561. The van der Waals surface area contributed by atoms with E-state index in [2.05, 4.69) is 14.1 Å². The van der Waals surface area contributed by atoms with Crippen LogP contribution in [0.5, 0.6) is 0 Å². The monoisotopic (exact) mass is 197 g/mol. The molecule has 0 saturated heterocycles. The fourth-order valence-electron chi connectivity index (χ4n) is 1.16. The number of fused-ring (bicyclic) bond motifs is 1. The number of anilines is 1. The van der Waals surface area contributed by atoms with Crippen LogP contribution in [-0.4, -0.2) is 19.1 Å². The van der Waals surface area contributed by atoms with Gasteiger partial charge >= 0.3 is 10.2 Å². The van der Waals surface area contributed by atoms with Crippen molar-refractivity contribution in [3.8, 4) is 0 Å². The van der Waals surface area contributed by atoms with E-state index in [0.29, 0.717) is 17.1 Å². The molecular formula is C7H7N3O2S. The third-order valence-corrected chi connectivity index (χ3v) is 2.64. The summed E-state index contributed by atoms with van der Waals surface area (Å²) in [5.74, 6) is 0. The van der Waals surface area contributed by atoms with Crippen molar-refractivity contribution in [1.29, 1.82) is 0 Å². The van der Waals surface area contributed by atoms with Gasteiger partial charge in [0, 0.05) is 6.20 Å². The van der Waals surface area contributed by atoms with E-state index >= 15 is 0 Å². The van der Waals surface area contributed by atoms with E-state index in [1.165, 1.54) is 0 Å². The van der Waals surface area contributed by atoms with E-state index in [4.69, 9.17) is 0 Å². The summed E-state index contributed by atoms with van der Waals surface area (Å²) in [5, 5.41) is 0. The zero-order chi connectivity index (χ0) is 9.47. The first-order valence-corrected chi connectivity index (χ1v) is 5.07. The SMILES string of the molecule is CC1=NS(=O)(=O)Nc2cccnc21. The summed E-state index contributed by atoms with van der Waals surface area (Å²) in [7, 11) is -3.55. The van der Waals surface area contributed by atoms with Gasteiger partial charge in [-0.2, -0.15) is 8.42 Å². The van der Waals surface area contributed by atoms with E-state index in [-0.39, 0.29) is 0 Å². The van der Waals surface area contributed by atoms with E-state index in [0.717, 1.165) is 0 Å². The molecule has 0 aromatic carbocycles. The second-order valence-electron chi connectivity index (χ2n) is 2.65. The Morgan fingerprint density at radius 1 is 1.46 bits per heavy atom. The molecule has 0 saturated carbocycles. The van der Waals surface area contributed by atoms with Gasteiger partial charge in [-0.3, -0.25) is 9.71 Å². The lowest BCUT2D eigenvalue weighted by Gasteiger charge is -2.13. The van der Waals surface area contributed by atoms with Crippen molar-refractivity contribution >= 4 is 21.6 Å². The molecule has 0 amide bonds. The molecule has 1 N–H and O–H groups in total. The van der Waals surface area contributed by atoms with E-state index in [1.807, 2.05) is 0 Å². The lowest BCUT2D eigenvalue weighted by Crippen LogP contribution is -2.20. The summed E-state index contributed by atoms with van der Waals surface area (Å²) < 4.78 is 28.0. The van der Waals surface area contributed by atoms with E-state index < -0.39 is 10.2 Å². The summed E-state index contributed by atoms with van der Waals surface area (Å²) in [6, 6.07) is 3.32. The van der Waals surface area contributed by atoms with Crippen LogP contribution in [0.1, 0.15) is 12.6 Å². The molecule has 68 valence electrons. The minimum atomic E-state index is -3.55. The number of pyridine rings is 1. The maximum absolute atomic E-state index is 11.1. The molecule has 0 atom stereocenters. The normalized spacial score (nSPS) is 18.4. The Hall–Kier alpha value is -1.43. The van der Waals surface area contributed by atoms with Crippen LogP contribution in [0.2, 0.25) is 0 Å². The molecule has 0 bridgehead atoms. The lowest BCUT2D eigenvalue weighted by atomic mass is 10.2. The van der Waals surface area contributed by atoms with Crippen LogP contribution < -0.4 is 4.72 Å². The van der Waals surface area contributed by atoms with Crippen LogP contribution in [0.25, 0.3) is 0 Å². The fourth-order valence-corrected chi connectivity index (χ4v) is 2.10. The highest BCUT2D eigenvalue weighted by atomic mass is 32.2. The van der Waals surface area contributed by atoms with Crippen molar-refractivity contribution in [3.63, 3.8) is 0 Å². The molecule has 1 aromatic rings. The first kappa shape index (κ1) is 8.18. The summed E-state index contributed by atoms with van der Waals surface area (Å²) in [4.78, 5) is 4.01. The second kappa shape index (κ2) is 2.53. The minimum Gasteiger partial charge on any atom is -0.263 e. The average Bonchev–Trinajstić information content (AvgIpc) is 2.02. The van der Waals surface area contributed by atoms with Crippen LogP contribution in [0, 0.1) is 0 Å². The zero-order valence-electron chi connectivity index (χ0n) is 6.85. The molecule has 2 rings (SSSR count). The lowest BCUT2D eigenvalue weighted by molar-refractivity contribution is 0.602. The van der Waals surface area contributed by atoms with Gasteiger partial charge in [-0.15, -0.1) is 4.40 Å². The third-order valence-electron chi connectivity index (χ3n) is 1.65. The Bertz CT molecular complexity index is 478. The minimum absolute atomic E-state index is 0.411. The van der Waals surface area contributed by atoms with Crippen molar-refractivity contribution in [1.82, 2.24) is 4.98 Å². The van der Waals surface area contributed by atoms with Crippen LogP contribution in [-0.2, 0) is 10.2 Å². The summed E-state index contributed by atoms with van der Waals surface area (Å²) in [5.41, 5.74) is 1.47.